The van der Waals surface area contributed by atoms with Crippen LogP contribution in [0.1, 0.15) is 66.2 Å². The highest BCUT2D eigenvalue weighted by atomic mass is 16.4. The molecule has 1 unspecified atom stereocenters. The first kappa shape index (κ1) is 17.9. The number of carbonyl (C=O) groups excluding carboxylic acids is 1. The first-order chi connectivity index (χ1) is 8.75. The van der Waals surface area contributed by atoms with Gasteiger partial charge in [-0.2, -0.15) is 0 Å². The van der Waals surface area contributed by atoms with Gasteiger partial charge in [0.1, 0.15) is 0 Å². The van der Waals surface area contributed by atoms with E-state index in [4.69, 9.17) is 5.11 Å². The first-order valence-corrected chi connectivity index (χ1v) is 7.24. The number of unbranched alkanes of at least 4 members (excludes halogenated alkanes) is 4. The summed E-state index contributed by atoms with van der Waals surface area (Å²) in [5, 5.41) is 11.5. The van der Waals surface area contributed by atoms with E-state index in [9.17, 15) is 9.59 Å². The summed E-state index contributed by atoms with van der Waals surface area (Å²) >= 11 is 0. The Labute approximate surface area is 117 Å². The first-order valence-electron chi connectivity index (χ1n) is 7.24. The van der Waals surface area contributed by atoms with Gasteiger partial charge >= 0.3 is 5.97 Å². The number of carboxylic acids is 1. The SMILES string of the molecule is CC(C(=O)NCCCCCCCC(=O)O)C(C)(C)C. The summed E-state index contributed by atoms with van der Waals surface area (Å²) < 4.78 is 0. The minimum Gasteiger partial charge on any atom is -0.481 e. The smallest absolute Gasteiger partial charge is 0.303 e. The van der Waals surface area contributed by atoms with E-state index in [2.05, 4.69) is 26.1 Å². The van der Waals surface area contributed by atoms with Crippen molar-refractivity contribution in [2.75, 3.05) is 6.54 Å². The van der Waals surface area contributed by atoms with Gasteiger partial charge in [0.2, 0.25) is 5.91 Å². The Hall–Kier alpha value is -1.06. The fourth-order valence-electron chi connectivity index (χ4n) is 1.69. The Kier molecular flexibility index (Phi) is 8.44. The van der Waals surface area contributed by atoms with E-state index >= 15 is 0 Å². The number of rotatable bonds is 9. The highest BCUT2D eigenvalue weighted by molar-refractivity contribution is 5.78. The van der Waals surface area contributed by atoms with Crippen LogP contribution in [0.25, 0.3) is 0 Å². The van der Waals surface area contributed by atoms with Crippen molar-refractivity contribution in [2.45, 2.75) is 66.2 Å². The fourth-order valence-corrected chi connectivity index (χ4v) is 1.69. The number of carboxylic acid groups (broad SMARTS) is 1. The molecule has 0 heterocycles. The molecule has 0 bridgehead atoms. The second-order valence-electron chi connectivity index (χ2n) is 6.29. The van der Waals surface area contributed by atoms with Crippen LogP contribution in [0.4, 0.5) is 0 Å². The number of amides is 1. The molecule has 19 heavy (non-hydrogen) atoms. The normalized spacial score (nSPS) is 13.1. The molecule has 0 aliphatic carbocycles. The lowest BCUT2D eigenvalue weighted by atomic mass is 9.81. The average molecular weight is 271 g/mol. The predicted octanol–water partition coefficient (Wildman–Crippen LogP) is 3.21. The summed E-state index contributed by atoms with van der Waals surface area (Å²) in [6.07, 6.45) is 5.03. The van der Waals surface area contributed by atoms with Crippen LogP contribution >= 0.6 is 0 Å². The molecule has 0 aliphatic heterocycles. The zero-order chi connectivity index (χ0) is 14.9. The van der Waals surface area contributed by atoms with Crippen molar-refractivity contribution in [2.24, 2.45) is 11.3 Å². The third-order valence-corrected chi connectivity index (χ3v) is 3.56. The third kappa shape index (κ3) is 9.51. The average Bonchev–Trinajstić information content (AvgIpc) is 2.29. The fraction of sp³-hybridized carbons (Fsp3) is 0.867. The molecule has 0 aromatic heterocycles. The molecule has 0 aromatic rings. The molecule has 112 valence electrons. The minimum atomic E-state index is -0.719. The van der Waals surface area contributed by atoms with Gasteiger partial charge < -0.3 is 10.4 Å². The van der Waals surface area contributed by atoms with Crippen molar-refractivity contribution in [1.29, 1.82) is 0 Å². The summed E-state index contributed by atoms with van der Waals surface area (Å²) in [5.74, 6) is -0.579. The van der Waals surface area contributed by atoms with Gasteiger partial charge in [0.15, 0.2) is 0 Å². The second kappa shape index (κ2) is 8.94. The molecule has 0 radical (unpaired) electrons. The number of carbonyl (C=O) groups is 2. The molecule has 0 rings (SSSR count). The standard InChI is InChI=1S/C15H29NO3/c1-12(15(2,3)4)14(19)16-11-9-7-5-6-8-10-13(17)18/h12H,5-11H2,1-4H3,(H,16,19)(H,17,18). The lowest BCUT2D eigenvalue weighted by Gasteiger charge is -2.26. The van der Waals surface area contributed by atoms with Crippen LogP contribution in [0.15, 0.2) is 0 Å². The number of aliphatic carboxylic acids is 1. The van der Waals surface area contributed by atoms with Crippen LogP contribution in [0.2, 0.25) is 0 Å². The summed E-state index contributed by atoms with van der Waals surface area (Å²) in [6.45, 7) is 8.89. The van der Waals surface area contributed by atoms with Gasteiger partial charge in [-0.15, -0.1) is 0 Å². The Balaban J connectivity index is 3.49. The molecule has 0 saturated heterocycles. The van der Waals surface area contributed by atoms with Crippen LogP contribution in [-0.2, 0) is 9.59 Å². The maximum Gasteiger partial charge on any atom is 0.303 e. The molecule has 0 fully saturated rings. The highest BCUT2D eigenvalue weighted by Gasteiger charge is 2.26. The summed E-state index contributed by atoms with van der Waals surface area (Å²) in [7, 11) is 0. The Morgan fingerprint density at radius 1 is 1.05 bits per heavy atom. The molecule has 4 nitrogen and oxygen atoms in total. The maximum absolute atomic E-state index is 11.8. The lowest BCUT2D eigenvalue weighted by molar-refractivity contribution is -0.137. The molecule has 0 saturated carbocycles. The Morgan fingerprint density at radius 3 is 2.11 bits per heavy atom. The summed E-state index contributed by atoms with van der Waals surface area (Å²) in [6, 6.07) is 0. The van der Waals surface area contributed by atoms with Crippen molar-refractivity contribution in [1.82, 2.24) is 5.32 Å². The van der Waals surface area contributed by atoms with Crippen LogP contribution in [0.5, 0.6) is 0 Å². The summed E-state index contributed by atoms with van der Waals surface area (Å²) in [4.78, 5) is 22.1. The van der Waals surface area contributed by atoms with Gasteiger partial charge in [-0.25, -0.2) is 0 Å². The van der Waals surface area contributed by atoms with Gasteiger partial charge in [0.25, 0.3) is 0 Å². The van der Waals surface area contributed by atoms with Gasteiger partial charge in [-0.05, 0) is 18.3 Å². The Morgan fingerprint density at radius 2 is 1.58 bits per heavy atom. The van der Waals surface area contributed by atoms with E-state index in [1.165, 1.54) is 0 Å². The van der Waals surface area contributed by atoms with E-state index in [1.807, 2.05) is 6.92 Å². The monoisotopic (exact) mass is 271 g/mol. The van der Waals surface area contributed by atoms with Crippen molar-refractivity contribution in [3.05, 3.63) is 0 Å². The van der Waals surface area contributed by atoms with E-state index in [-0.39, 0.29) is 23.7 Å². The topological polar surface area (TPSA) is 66.4 Å². The summed E-state index contributed by atoms with van der Waals surface area (Å²) in [5.41, 5.74) is 0.000908. The predicted molar refractivity (Wildman–Crippen MR) is 77.0 cm³/mol. The van der Waals surface area contributed by atoms with Crippen molar-refractivity contribution >= 4 is 11.9 Å². The molecule has 2 N–H and O–H groups in total. The van der Waals surface area contributed by atoms with E-state index in [0.717, 1.165) is 38.6 Å². The molecule has 0 aromatic carbocycles. The molecule has 0 spiro atoms. The molecular weight excluding hydrogens is 242 g/mol. The van der Waals surface area contributed by atoms with E-state index in [0.29, 0.717) is 0 Å². The van der Waals surface area contributed by atoms with E-state index in [1.54, 1.807) is 0 Å². The van der Waals surface area contributed by atoms with Crippen molar-refractivity contribution in [3.63, 3.8) is 0 Å². The van der Waals surface area contributed by atoms with Gasteiger partial charge in [-0.1, -0.05) is 47.0 Å². The van der Waals surface area contributed by atoms with Gasteiger partial charge in [-0.3, -0.25) is 9.59 Å². The zero-order valence-corrected chi connectivity index (χ0v) is 12.8. The molecule has 4 heteroatoms. The van der Waals surface area contributed by atoms with Gasteiger partial charge in [0.05, 0.1) is 0 Å². The number of nitrogens with one attached hydrogen (secondary N) is 1. The Bertz CT molecular complexity index is 282. The van der Waals surface area contributed by atoms with Gasteiger partial charge in [0, 0.05) is 18.9 Å². The van der Waals surface area contributed by atoms with Crippen LogP contribution in [-0.4, -0.2) is 23.5 Å². The minimum absolute atomic E-state index is 0.000908. The quantitative estimate of drug-likeness (QED) is 0.633. The molecule has 1 amide bonds. The molecule has 0 aliphatic rings. The van der Waals surface area contributed by atoms with Crippen molar-refractivity contribution < 1.29 is 14.7 Å². The molecular formula is C15H29NO3. The highest BCUT2D eigenvalue weighted by Crippen LogP contribution is 2.25. The zero-order valence-electron chi connectivity index (χ0n) is 12.8. The van der Waals surface area contributed by atoms with Crippen LogP contribution in [0, 0.1) is 11.3 Å². The lowest BCUT2D eigenvalue weighted by Crippen LogP contribution is -2.36. The van der Waals surface area contributed by atoms with E-state index < -0.39 is 5.97 Å². The molecule has 1 atom stereocenters. The van der Waals surface area contributed by atoms with Crippen molar-refractivity contribution in [3.8, 4) is 0 Å². The van der Waals surface area contributed by atoms with Crippen LogP contribution in [0.3, 0.4) is 0 Å². The number of hydrogen-bond donors (Lipinski definition) is 2. The second-order valence-corrected chi connectivity index (χ2v) is 6.29. The number of hydrogen-bond acceptors (Lipinski definition) is 2. The van der Waals surface area contributed by atoms with Crippen LogP contribution < -0.4 is 5.32 Å². The maximum atomic E-state index is 11.8. The largest absolute Gasteiger partial charge is 0.481 e. The third-order valence-electron chi connectivity index (χ3n) is 3.56.